The van der Waals surface area contributed by atoms with Gasteiger partial charge in [-0.3, -0.25) is 0 Å². The highest BCUT2D eigenvalue weighted by Gasteiger charge is 2.33. The molecule has 0 aliphatic heterocycles. The first-order chi connectivity index (χ1) is 9.54. The average Bonchev–Trinajstić information content (AvgIpc) is 2.78. The van der Waals surface area contributed by atoms with Crippen molar-refractivity contribution in [2.45, 2.75) is 45.6 Å². The third-order valence-corrected chi connectivity index (χ3v) is 5.10. The van der Waals surface area contributed by atoms with Crippen molar-refractivity contribution in [3.8, 4) is 0 Å². The van der Waals surface area contributed by atoms with Crippen LogP contribution in [0.4, 0.5) is 8.78 Å². The van der Waals surface area contributed by atoms with Gasteiger partial charge in [0.1, 0.15) is 11.6 Å². The lowest BCUT2D eigenvalue weighted by molar-refractivity contribution is 0.345. The van der Waals surface area contributed by atoms with Gasteiger partial charge >= 0.3 is 0 Å². The van der Waals surface area contributed by atoms with Gasteiger partial charge in [-0.25, -0.2) is 8.78 Å². The van der Waals surface area contributed by atoms with Gasteiger partial charge in [-0.05, 0) is 72.1 Å². The molecule has 1 aliphatic carbocycles. The second-order valence-electron chi connectivity index (χ2n) is 5.78. The van der Waals surface area contributed by atoms with Crippen molar-refractivity contribution >= 4 is 15.9 Å². The molecule has 0 heterocycles. The van der Waals surface area contributed by atoms with Gasteiger partial charge in [-0.15, -0.1) is 0 Å². The Labute approximate surface area is 128 Å². The summed E-state index contributed by atoms with van der Waals surface area (Å²) in [6.07, 6.45) is 3.74. The summed E-state index contributed by atoms with van der Waals surface area (Å²) >= 11 is 3.14. The first kappa shape index (κ1) is 15.9. The third-order valence-electron chi connectivity index (χ3n) is 4.49. The molecule has 1 N–H and O–H groups in total. The van der Waals surface area contributed by atoms with Crippen molar-refractivity contribution in [1.29, 1.82) is 0 Å². The molecule has 1 aliphatic rings. The number of hydrogen-bond acceptors (Lipinski definition) is 1. The zero-order valence-corrected chi connectivity index (χ0v) is 13.6. The maximum absolute atomic E-state index is 14.0. The van der Waals surface area contributed by atoms with E-state index in [1.54, 1.807) is 0 Å². The summed E-state index contributed by atoms with van der Waals surface area (Å²) < 4.78 is 28.2. The largest absolute Gasteiger partial charge is 0.314 e. The van der Waals surface area contributed by atoms with Crippen LogP contribution < -0.4 is 5.32 Å². The smallest absolute Gasteiger partial charge is 0.143 e. The number of rotatable bonds is 5. The van der Waals surface area contributed by atoms with Gasteiger partial charge in [0.25, 0.3) is 0 Å². The summed E-state index contributed by atoms with van der Waals surface area (Å²) in [5, 5.41) is 3.54. The van der Waals surface area contributed by atoms with Crippen molar-refractivity contribution < 1.29 is 8.78 Å². The van der Waals surface area contributed by atoms with E-state index in [1.807, 2.05) is 0 Å². The molecular weight excluding hydrogens is 324 g/mol. The molecule has 1 nitrogen and oxygen atoms in total. The van der Waals surface area contributed by atoms with E-state index in [9.17, 15) is 8.78 Å². The van der Waals surface area contributed by atoms with E-state index in [0.717, 1.165) is 25.8 Å². The highest BCUT2D eigenvalue weighted by atomic mass is 79.9. The Hall–Kier alpha value is -0.480. The Kier molecular flexibility index (Phi) is 5.56. The summed E-state index contributed by atoms with van der Waals surface area (Å²) in [7, 11) is 0. The molecule has 0 amide bonds. The summed E-state index contributed by atoms with van der Waals surface area (Å²) in [6, 6.07) is 3.26. The van der Waals surface area contributed by atoms with Crippen LogP contribution in [0.3, 0.4) is 0 Å². The van der Waals surface area contributed by atoms with Crippen LogP contribution in [0.15, 0.2) is 16.6 Å². The van der Waals surface area contributed by atoms with E-state index in [2.05, 4.69) is 35.1 Å². The molecule has 0 spiro atoms. The summed E-state index contributed by atoms with van der Waals surface area (Å²) in [4.78, 5) is 0. The van der Waals surface area contributed by atoms with Crippen LogP contribution in [0.1, 0.15) is 38.7 Å². The second kappa shape index (κ2) is 6.99. The standard InChI is InChI=1S/C16H22BrF2N/c1-3-8-20-15-7-4-11(10(15)2)9-12-14(18)6-5-13(17)16(12)19/h5-6,10-11,15,20H,3-4,7-9H2,1-2H3. The Morgan fingerprint density at radius 3 is 2.75 bits per heavy atom. The fourth-order valence-electron chi connectivity index (χ4n) is 3.17. The molecule has 3 unspecified atom stereocenters. The molecule has 1 aromatic rings. The van der Waals surface area contributed by atoms with Gasteiger partial charge in [-0.1, -0.05) is 13.8 Å². The van der Waals surface area contributed by atoms with Crippen LogP contribution in [0.5, 0.6) is 0 Å². The molecule has 0 radical (unpaired) electrons. The molecule has 1 fully saturated rings. The SMILES string of the molecule is CCCNC1CCC(Cc2c(F)ccc(Br)c2F)C1C. The number of halogens is 3. The van der Waals surface area contributed by atoms with Crippen molar-refractivity contribution in [2.24, 2.45) is 11.8 Å². The van der Waals surface area contributed by atoms with Crippen LogP contribution in [0.25, 0.3) is 0 Å². The molecule has 3 atom stereocenters. The van der Waals surface area contributed by atoms with Gasteiger partial charge in [0.05, 0.1) is 4.47 Å². The Morgan fingerprint density at radius 2 is 2.05 bits per heavy atom. The molecular formula is C16H22BrF2N. The fraction of sp³-hybridized carbons (Fsp3) is 0.625. The van der Waals surface area contributed by atoms with Crippen molar-refractivity contribution in [3.63, 3.8) is 0 Å². The normalized spacial score (nSPS) is 26.1. The van der Waals surface area contributed by atoms with E-state index >= 15 is 0 Å². The van der Waals surface area contributed by atoms with Gasteiger partial charge < -0.3 is 5.32 Å². The molecule has 0 saturated heterocycles. The van der Waals surface area contributed by atoms with E-state index in [1.165, 1.54) is 12.1 Å². The minimum atomic E-state index is -0.442. The van der Waals surface area contributed by atoms with Crippen LogP contribution in [-0.2, 0) is 6.42 Å². The zero-order valence-electron chi connectivity index (χ0n) is 12.1. The lowest BCUT2D eigenvalue weighted by Crippen LogP contribution is -2.33. The first-order valence-electron chi connectivity index (χ1n) is 7.40. The maximum atomic E-state index is 14.0. The molecule has 112 valence electrons. The highest BCUT2D eigenvalue weighted by Crippen LogP contribution is 2.36. The predicted molar refractivity (Wildman–Crippen MR) is 81.7 cm³/mol. The quantitative estimate of drug-likeness (QED) is 0.763. The van der Waals surface area contributed by atoms with Crippen LogP contribution in [0, 0.1) is 23.5 Å². The van der Waals surface area contributed by atoms with Crippen molar-refractivity contribution in [1.82, 2.24) is 5.32 Å². The second-order valence-corrected chi connectivity index (χ2v) is 6.64. The van der Waals surface area contributed by atoms with E-state index in [0.29, 0.717) is 28.8 Å². The van der Waals surface area contributed by atoms with Gasteiger partial charge in [0.2, 0.25) is 0 Å². The first-order valence-corrected chi connectivity index (χ1v) is 8.19. The predicted octanol–water partition coefficient (Wildman–Crippen LogP) is 4.68. The summed E-state index contributed by atoms with van der Waals surface area (Å²) in [5.41, 5.74) is 0.229. The fourth-order valence-corrected chi connectivity index (χ4v) is 3.54. The van der Waals surface area contributed by atoms with Crippen molar-refractivity contribution in [3.05, 3.63) is 33.8 Å². The molecule has 2 rings (SSSR count). The van der Waals surface area contributed by atoms with Crippen LogP contribution in [-0.4, -0.2) is 12.6 Å². The topological polar surface area (TPSA) is 12.0 Å². The minimum Gasteiger partial charge on any atom is -0.314 e. The molecule has 1 saturated carbocycles. The maximum Gasteiger partial charge on any atom is 0.143 e. The number of nitrogens with one attached hydrogen (secondary N) is 1. The van der Waals surface area contributed by atoms with Crippen LogP contribution in [0.2, 0.25) is 0 Å². The summed E-state index contributed by atoms with van der Waals surface area (Å²) in [5.74, 6) is -0.0629. The van der Waals surface area contributed by atoms with Gasteiger partial charge in [-0.2, -0.15) is 0 Å². The van der Waals surface area contributed by atoms with E-state index in [-0.39, 0.29) is 5.56 Å². The number of hydrogen-bond donors (Lipinski definition) is 1. The van der Waals surface area contributed by atoms with Gasteiger partial charge in [0, 0.05) is 11.6 Å². The van der Waals surface area contributed by atoms with E-state index < -0.39 is 11.6 Å². The monoisotopic (exact) mass is 345 g/mol. The molecule has 4 heteroatoms. The molecule has 0 aromatic heterocycles. The van der Waals surface area contributed by atoms with E-state index in [4.69, 9.17) is 0 Å². The molecule has 20 heavy (non-hydrogen) atoms. The highest BCUT2D eigenvalue weighted by molar-refractivity contribution is 9.10. The lowest BCUT2D eigenvalue weighted by atomic mass is 9.89. The third kappa shape index (κ3) is 3.40. The Morgan fingerprint density at radius 1 is 1.30 bits per heavy atom. The Balaban J connectivity index is 2.06. The minimum absolute atomic E-state index is 0.229. The molecule has 0 bridgehead atoms. The summed E-state index contributed by atoms with van der Waals surface area (Å²) in [6.45, 7) is 5.36. The number of benzene rings is 1. The average molecular weight is 346 g/mol. The lowest BCUT2D eigenvalue weighted by Gasteiger charge is -2.22. The van der Waals surface area contributed by atoms with Gasteiger partial charge in [0.15, 0.2) is 0 Å². The zero-order chi connectivity index (χ0) is 14.7. The molecule has 1 aromatic carbocycles. The van der Waals surface area contributed by atoms with Crippen LogP contribution >= 0.6 is 15.9 Å². The Bertz CT molecular complexity index is 464. The van der Waals surface area contributed by atoms with Crippen molar-refractivity contribution in [2.75, 3.05) is 6.54 Å².